The zero-order valence-electron chi connectivity index (χ0n) is 16.5. The highest BCUT2D eigenvalue weighted by Crippen LogP contribution is 2.29. The molecule has 0 aliphatic heterocycles. The number of hydrogen-bond donors (Lipinski definition) is 2. The van der Waals surface area contributed by atoms with Gasteiger partial charge in [0.2, 0.25) is 0 Å². The molecule has 2 aromatic heterocycles. The number of carbonyl (C=O) groups is 2. The van der Waals surface area contributed by atoms with E-state index in [1.54, 1.807) is 16.9 Å². The lowest BCUT2D eigenvalue weighted by atomic mass is 10.0. The van der Waals surface area contributed by atoms with E-state index < -0.39 is 11.9 Å². The first-order valence-corrected chi connectivity index (χ1v) is 9.93. The van der Waals surface area contributed by atoms with Crippen LogP contribution >= 0.6 is 0 Å². The predicted octanol–water partition coefficient (Wildman–Crippen LogP) is 3.66. The first-order chi connectivity index (χ1) is 14.0. The predicted molar refractivity (Wildman–Crippen MR) is 110 cm³/mol. The van der Waals surface area contributed by atoms with Crippen molar-refractivity contribution in [2.24, 2.45) is 5.92 Å². The second-order valence-electron chi connectivity index (χ2n) is 7.80. The molecule has 2 N–H and O–H groups in total. The molecule has 7 heteroatoms. The Morgan fingerprint density at radius 2 is 1.97 bits per heavy atom. The Morgan fingerprint density at radius 3 is 2.66 bits per heavy atom. The van der Waals surface area contributed by atoms with Crippen LogP contribution in [0, 0.1) is 5.92 Å². The van der Waals surface area contributed by atoms with Gasteiger partial charge in [-0.2, -0.15) is 5.10 Å². The van der Waals surface area contributed by atoms with Crippen molar-refractivity contribution in [3.05, 3.63) is 48.2 Å². The minimum Gasteiger partial charge on any atom is -0.481 e. The Morgan fingerprint density at radius 1 is 1.21 bits per heavy atom. The van der Waals surface area contributed by atoms with Crippen molar-refractivity contribution < 1.29 is 14.7 Å². The van der Waals surface area contributed by atoms with E-state index in [1.165, 1.54) is 0 Å². The normalized spacial score (nSPS) is 19.0. The van der Waals surface area contributed by atoms with Crippen molar-refractivity contribution in [2.45, 2.75) is 45.2 Å². The van der Waals surface area contributed by atoms with Crippen molar-refractivity contribution >= 4 is 22.9 Å². The molecule has 0 unspecified atom stereocenters. The van der Waals surface area contributed by atoms with Gasteiger partial charge in [-0.05, 0) is 32.8 Å². The highest BCUT2D eigenvalue weighted by Gasteiger charge is 2.34. The third-order valence-corrected chi connectivity index (χ3v) is 5.52. The lowest BCUT2D eigenvalue weighted by molar-refractivity contribution is -0.142. The Kier molecular flexibility index (Phi) is 5.05. The molecule has 1 aliphatic carbocycles. The van der Waals surface area contributed by atoms with E-state index in [-0.39, 0.29) is 18.0 Å². The summed E-state index contributed by atoms with van der Waals surface area (Å²) in [5, 5.41) is 17.5. The molecule has 4 rings (SSSR count). The molecule has 1 aliphatic rings. The number of carboxylic acids is 1. The third kappa shape index (κ3) is 3.60. The highest BCUT2D eigenvalue weighted by atomic mass is 16.4. The van der Waals surface area contributed by atoms with Crippen LogP contribution in [0.15, 0.2) is 42.6 Å². The van der Waals surface area contributed by atoms with Crippen molar-refractivity contribution in [3.8, 4) is 11.3 Å². The van der Waals surface area contributed by atoms with Gasteiger partial charge in [-0.1, -0.05) is 36.8 Å². The molecule has 29 heavy (non-hydrogen) atoms. The molecular formula is C22H24N4O3. The van der Waals surface area contributed by atoms with Crippen LogP contribution in [0.1, 0.15) is 49.5 Å². The monoisotopic (exact) mass is 392 g/mol. The number of amides is 1. The van der Waals surface area contributed by atoms with E-state index in [4.69, 9.17) is 4.98 Å². The number of benzene rings is 1. The number of pyridine rings is 1. The maximum atomic E-state index is 13.2. The number of hydrogen-bond acceptors (Lipinski definition) is 4. The van der Waals surface area contributed by atoms with Gasteiger partial charge in [-0.15, -0.1) is 0 Å². The standard InChI is InChI=1S/C22H24N4O3/c1-13(2)26-20-17(12-23-26)16(11-19(24-20)14-7-4-3-5-8-14)21(27)25-18-10-6-9-15(18)22(28)29/h3-5,7-8,11-13,15,18H,6,9-10H2,1-2H3,(H,25,27)(H,28,29)/t15-,18+/m0/s1. The molecule has 0 bridgehead atoms. The molecule has 1 amide bonds. The molecule has 7 nitrogen and oxygen atoms in total. The summed E-state index contributed by atoms with van der Waals surface area (Å²) < 4.78 is 1.80. The third-order valence-electron chi connectivity index (χ3n) is 5.52. The summed E-state index contributed by atoms with van der Waals surface area (Å²) in [6, 6.07) is 11.2. The Labute approximate surface area is 168 Å². The smallest absolute Gasteiger partial charge is 0.308 e. The largest absolute Gasteiger partial charge is 0.481 e. The molecule has 150 valence electrons. The van der Waals surface area contributed by atoms with Crippen LogP contribution in [0.4, 0.5) is 0 Å². The van der Waals surface area contributed by atoms with Crippen molar-refractivity contribution in [2.75, 3.05) is 0 Å². The molecule has 0 radical (unpaired) electrons. The number of nitrogens with zero attached hydrogens (tertiary/aromatic N) is 3. The number of carboxylic acid groups (broad SMARTS) is 1. The summed E-state index contributed by atoms with van der Waals surface area (Å²) in [5.41, 5.74) is 2.71. The number of nitrogens with one attached hydrogen (secondary N) is 1. The molecule has 3 aromatic rings. The van der Waals surface area contributed by atoms with Crippen LogP contribution in [-0.4, -0.2) is 37.8 Å². The summed E-state index contributed by atoms with van der Waals surface area (Å²) in [4.78, 5) is 29.4. The van der Waals surface area contributed by atoms with Crippen LogP contribution < -0.4 is 5.32 Å². The maximum absolute atomic E-state index is 13.2. The Hall–Kier alpha value is -3.22. The van der Waals surface area contributed by atoms with Gasteiger partial charge in [-0.25, -0.2) is 9.67 Å². The van der Waals surface area contributed by atoms with E-state index in [0.717, 1.165) is 12.0 Å². The molecule has 1 aromatic carbocycles. The van der Waals surface area contributed by atoms with Crippen molar-refractivity contribution in [1.82, 2.24) is 20.1 Å². The molecule has 2 atom stereocenters. The van der Waals surface area contributed by atoms with Crippen molar-refractivity contribution in [3.63, 3.8) is 0 Å². The van der Waals surface area contributed by atoms with Crippen LogP contribution in [0.3, 0.4) is 0 Å². The van der Waals surface area contributed by atoms with E-state index in [1.807, 2.05) is 44.2 Å². The summed E-state index contributed by atoms with van der Waals surface area (Å²) in [5.74, 6) is -1.68. The second-order valence-corrected chi connectivity index (χ2v) is 7.80. The fraction of sp³-hybridized carbons (Fsp3) is 0.364. The second kappa shape index (κ2) is 7.66. The van der Waals surface area contributed by atoms with Gasteiger partial charge in [0.05, 0.1) is 28.8 Å². The summed E-state index contributed by atoms with van der Waals surface area (Å²) >= 11 is 0. The zero-order chi connectivity index (χ0) is 20.5. The average Bonchev–Trinajstić information content (AvgIpc) is 3.34. The lowest BCUT2D eigenvalue weighted by Crippen LogP contribution is -2.40. The van der Waals surface area contributed by atoms with E-state index in [0.29, 0.717) is 35.1 Å². The van der Waals surface area contributed by atoms with Gasteiger partial charge >= 0.3 is 5.97 Å². The molecule has 0 spiro atoms. The highest BCUT2D eigenvalue weighted by molar-refractivity contribution is 6.06. The van der Waals surface area contributed by atoms with Crippen molar-refractivity contribution in [1.29, 1.82) is 0 Å². The summed E-state index contributed by atoms with van der Waals surface area (Å²) in [7, 11) is 0. The fourth-order valence-electron chi connectivity index (χ4n) is 4.02. The van der Waals surface area contributed by atoms with E-state index in [2.05, 4.69) is 10.4 Å². The van der Waals surface area contributed by atoms with Gasteiger partial charge in [0.15, 0.2) is 5.65 Å². The molecule has 2 heterocycles. The Bertz CT molecular complexity index is 1060. The van der Waals surface area contributed by atoms with Crippen LogP contribution in [0.2, 0.25) is 0 Å². The van der Waals surface area contributed by atoms with E-state index in [9.17, 15) is 14.7 Å². The summed E-state index contributed by atoms with van der Waals surface area (Å²) in [6.45, 7) is 4.03. The quantitative estimate of drug-likeness (QED) is 0.691. The molecule has 0 saturated heterocycles. The first-order valence-electron chi connectivity index (χ1n) is 9.93. The van der Waals surface area contributed by atoms with Gasteiger partial charge < -0.3 is 10.4 Å². The van der Waals surface area contributed by atoms with Crippen LogP contribution in [-0.2, 0) is 4.79 Å². The minimum absolute atomic E-state index is 0.0909. The number of carbonyl (C=O) groups excluding carboxylic acids is 1. The zero-order valence-corrected chi connectivity index (χ0v) is 16.5. The van der Waals surface area contributed by atoms with Gasteiger partial charge in [-0.3, -0.25) is 9.59 Å². The SMILES string of the molecule is CC(C)n1ncc2c(C(=O)N[C@@H]3CCC[C@@H]3C(=O)O)cc(-c3ccccc3)nc21. The number of aliphatic carboxylic acids is 1. The molecule has 1 saturated carbocycles. The molecular weight excluding hydrogens is 368 g/mol. The first kappa shape index (κ1) is 19.1. The summed E-state index contributed by atoms with van der Waals surface area (Å²) in [6.07, 6.45) is 3.73. The Balaban J connectivity index is 1.78. The van der Waals surface area contributed by atoms with E-state index >= 15 is 0 Å². The van der Waals surface area contributed by atoms with Gasteiger partial charge in [0.1, 0.15) is 0 Å². The molecule has 1 fully saturated rings. The minimum atomic E-state index is -0.856. The number of rotatable bonds is 5. The van der Waals surface area contributed by atoms with Crippen LogP contribution in [0.25, 0.3) is 22.3 Å². The van der Waals surface area contributed by atoms with Crippen LogP contribution in [0.5, 0.6) is 0 Å². The lowest BCUT2D eigenvalue weighted by Gasteiger charge is -2.18. The topological polar surface area (TPSA) is 97.1 Å². The average molecular weight is 392 g/mol. The number of aromatic nitrogens is 3. The number of fused-ring (bicyclic) bond motifs is 1. The fourth-order valence-corrected chi connectivity index (χ4v) is 4.02. The van der Waals surface area contributed by atoms with Gasteiger partial charge in [0, 0.05) is 17.6 Å². The van der Waals surface area contributed by atoms with Gasteiger partial charge in [0.25, 0.3) is 5.91 Å². The maximum Gasteiger partial charge on any atom is 0.308 e.